The van der Waals surface area contributed by atoms with E-state index in [1.165, 1.54) is 0 Å². The number of anilines is 1. The Kier molecular flexibility index (Phi) is 5.84. The number of aryl methyl sites for hydroxylation is 1. The van der Waals surface area contributed by atoms with E-state index in [1.807, 2.05) is 36.9 Å². The second-order valence-electron chi connectivity index (χ2n) is 6.30. The van der Waals surface area contributed by atoms with E-state index in [1.54, 1.807) is 21.4 Å². The van der Waals surface area contributed by atoms with E-state index in [-0.39, 0.29) is 5.56 Å². The van der Waals surface area contributed by atoms with Gasteiger partial charge in [0.05, 0.1) is 11.9 Å². The number of aromatic nitrogens is 4. The van der Waals surface area contributed by atoms with Crippen molar-refractivity contribution in [2.45, 2.75) is 39.7 Å². The largest absolute Gasteiger partial charge is 0.370 e. The van der Waals surface area contributed by atoms with Gasteiger partial charge in [0.1, 0.15) is 5.82 Å². The number of nitrogens with zero attached hydrogens (tertiary/aromatic N) is 4. The first-order valence-corrected chi connectivity index (χ1v) is 9.17. The van der Waals surface area contributed by atoms with Crippen molar-refractivity contribution in [3.63, 3.8) is 0 Å². The lowest BCUT2D eigenvalue weighted by Crippen LogP contribution is -2.19. The predicted octanol–water partition coefficient (Wildman–Crippen LogP) is 3.72. The molecule has 1 N–H and O–H groups in total. The quantitative estimate of drug-likeness (QED) is 0.628. The number of pyridine rings is 2. The van der Waals surface area contributed by atoms with Gasteiger partial charge >= 0.3 is 0 Å². The van der Waals surface area contributed by atoms with Crippen molar-refractivity contribution in [2.75, 3.05) is 11.9 Å². The zero-order valence-electron chi connectivity index (χ0n) is 15.4. The van der Waals surface area contributed by atoms with Crippen LogP contribution in [0.3, 0.4) is 0 Å². The summed E-state index contributed by atoms with van der Waals surface area (Å²) in [4.78, 5) is 16.3. The van der Waals surface area contributed by atoms with Crippen molar-refractivity contribution in [3.8, 4) is 16.8 Å². The lowest BCUT2D eigenvalue weighted by atomic mass is 10.2. The Bertz CT molecular complexity index is 895. The van der Waals surface area contributed by atoms with Crippen LogP contribution in [0.15, 0.2) is 53.8 Å². The third-order valence-electron chi connectivity index (χ3n) is 4.21. The van der Waals surface area contributed by atoms with Crippen LogP contribution in [0.5, 0.6) is 0 Å². The molecule has 0 amide bonds. The summed E-state index contributed by atoms with van der Waals surface area (Å²) in [7, 11) is 0. The van der Waals surface area contributed by atoms with Crippen LogP contribution in [0.25, 0.3) is 16.8 Å². The zero-order valence-corrected chi connectivity index (χ0v) is 15.4. The first kappa shape index (κ1) is 17.9. The molecular formula is C20H25N5O. The van der Waals surface area contributed by atoms with Gasteiger partial charge in [0.2, 0.25) is 0 Å². The van der Waals surface area contributed by atoms with Gasteiger partial charge in [0.25, 0.3) is 5.56 Å². The third-order valence-corrected chi connectivity index (χ3v) is 4.21. The summed E-state index contributed by atoms with van der Waals surface area (Å²) in [5, 5.41) is 7.75. The molecule has 6 nitrogen and oxygen atoms in total. The molecule has 26 heavy (non-hydrogen) atoms. The smallest absolute Gasteiger partial charge is 0.250 e. The molecule has 0 aliphatic carbocycles. The maximum atomic E-state index is 11.9. The van der Waals surface area contributed by atoms with Crippen LogP contribution in [0.1, 0.15) is 33.1 Å². The fraction of sp³-hybridized carbons (Fsp3) is 0.350. The minimum atomic E-state index is 0.0124. The number of hydrogen-bond donors (Lipinski definition) is 1. The van der Waals surface area contributed by atoms with E-state index >= 15 is 0 Å². The Morgan fingerprint density at radius 1 is 1.00 bits per heavy atom. The molecule has 0 aliphatic rings. The topological polar surface area (TPSA) is 64.7 Å². The number of hydrogen-bond acceptors (Lipinski definition) is 4. The van der Waals surface area contributed by atoms with Gasteiger partial charge in [-0.25, -0.2) is 9.67 Å². The van der Waals surface area contributed by atoms with E-state index in [0.29, 0.717) is 6.54 Å². The first-order valence-electron chi connectivity index (χ1n) is 9.17. The Balaban J connectivity index is 1.77. The monoisotopic (exact) mass is 351 g/mol. The van der Waals surface area contributed by atoms with Crippen molar-refractivity contribution in [3.05, 3.63) is 59.4 Å². The highest BCUT2D eigenvalue weighted by Crippen LogP contribution is 2.20. The molecular weight excluding hydrogens is 326 g/mol. The number of unbranched alkanes of at least 4 members (excludes halogenated alkanes) is 1. The first-order chi connectivity index (χ1) is 12.7. The molecule has 0 aliphatic heterocycles. The summed E-state index contributed by atoms with van der Waals surface area (Å²) in [6, 6.07) is 7.42. The van der Waals surface area contributed by atoms with E-state index in [0.717, 1.165) is 48.4 Å². The van der Waals surface area contributed by atoms with Gasteiger partial charge in [0.15, 0.2) is 0 Å². The lowest BCUT2D eigenvalue weighted by Gasteiger charge is -2.07. The Morgan fingerprint density at radius 2 is 1.88 bits per heavy atom. The molecule has 3 rings (SSSR count). The zero-order chi connectivity index (χ0) is 18.4. The van der Waals surface area contributed by atoms with Gasteiger partial charge in [-0.05, 0) is 31.0 Å². The predicted molar refractivity (Wildman–Crippen MR) is 105 cm³/mol. The van der Waals surface area contributed by atoms with Gasteiger partial charge in [-0.1, -0.05) is 20.3 Å². The van der Waals surface area contributed by atoms with Gasteiger partial charge in [-0.3, -0.25) is 4.79 Å². The molecule has 6 heteroatoms. The van der Waals surface area contributed by atoms with Crippen LogP contribution in [0, 0.1) is 0 Å². The van der Waals surface area contributed by atoms with Crippen molar-refractivity contribution < 1.29 is 0 Å². The second-order valence-corrected chi connectivity index (χ2v) is 6.30. The SMILES string of the molecule is CCCCNc1ccc(-c2cnn(-c3ccc(=O)n(CCC)c3)c2)cn1. The van der Waals surface area contributed by atoms with Crippen LogP contribution >= 0.6 is 0 Å². The maximum absolute atomic E-state index is 11.9. The van der Waals surface area contributed by atoms with Crippen LogP contribution in [-0.4, -0.2) is 25.9 Å². The molecule has 0 radical (unpaired) electrons. The fourth-order valence-corrected chi connectivity index (χ4v) is 2.75. The van der Waals surface area contributed by atoms with Crippen molar-refractivity contribution in [1.82, 2.24) is 19.3 Å². The molecule has 0 atom stereocenters. The molecule has 3 aromatic rings. The summed E-state index contributed by atoms with van der Waals surface area (Å²) in [5.74, 6) is 0.890. The lowest BCUT2D eigenvalue weighted by molar-refractivity contribution is 0.648. The number of nitrogens with one attached hydrogen (secondary N) is 1. The molecule has 136 valence electrons. The average Bonchev–Trinajstić information content (AvgIpc) is 3.15. The van der Waals surface area contributed by atoms with E-state index in [9.17, 15) is 4.79 Å². The molecule has 3 heterocycles. The minimum absolute atomic E-state index is 0.0124. The Hall–Kier alpha value is -2.89. The molecule has 0 bridgehead atoms. The Labute approximate surface area is 153 Å². The Morgan fingerprint density at radius 3 is 2.62 bits per heavy atom. The van der Waals surface area contributed by atoms with Crippen molar-refractivity contribution >= 4 is 5.82 Å². The standard InChI is InChI=1S/C20H25N5O/c1-3-5-10-21-19-8-6-16(12-22-19)17-13-23-25(14-17)18-7-9-20(26)24(15-18)11-4-2/h6-9,12-15H,3-5,10-11H2,1-2H3,(H,21,22). The van der Waals surface area contributed by atoms with Gasteiger partial charge in [-0.15, -0.1) is 0 Å². The minimum Gasteiger partial charge on any atom is -0.370 e. The molecule has 0 aromatic carbocycles. The summed E-state index contributed by atoms with van der Waals surface area (Å²) < 4.78 is 3.50. The van der Waals surface area contributed by atoms with Crippen molar-refractivity contribution in [1.29, 1.82) is 0 Å². The van der Waals surface area contributed by atoms with E-state index < -0.39 is 0 Å². The fourth-order valence-electron chi connectivity index (χ4n) is 2.75. The summed E-state index contributed by atoms with van der Waals surface area (Å²) >= 11 is 0. The highest BCUT2D eigenvalue weighted by Gasteiger charge is 2.06. The molecule has 3 aromatic heterocycles. The molecule has 0 saturated heterocycles. The maximum Gasteiger partial charge on any atom is 0.250 e. The molecule has 0 saturated carbocycles. The van der Waals surface area contributed by atoms with Crippen LogP contribution in [0.2, 0.25) is 0 Å². The molecule has 0 spiro atoms. The van der Waals surface area contributed by atoms with Crippen LogP contribution < -0.4 is 10.9 Å². The third kappa shape index (κ3) is 4.20. The van der Waals surface area contributed by atoms with Crippen LogP contribution in [0.4, 0.5) is 5.82 Å². The summed E-state index contributed by atoms with van der Waals surface area (Å²) in [5.41, 5.74) is 2.89. The summed E-state index contributed by atoms with van der Waals surface area (Å²) in [6.07, 6.45) is 10.7. The highest BCUT2D eigenvalue weighted by molar-refractivity contribution is 5.62. The summed E-state index contributed by atoms with van der Waals surface area (Å²) in [6.45, 7) is 5.87. The van der Waals surface area contributed by atoms with E-state index in [2.05, 4.69) is 29.2 Å². The van der Waals surface area contributed by atoms with Gasteiger partial charge < -0.3 is 9.88 Å². The molecule has 0 unspecified atom stereocenters. The van der Waals surface area contributed by atoms with Crippen LogP contribution in [-0.2, 0) is 6.54 Å². The molecule has 0 fully saturated rings. The average molecular weight is 351 g/mol. The second kappa shape index (κ2) is 8.47. The van der Waals surface area contributed by atoms with Crippen molar-refractivity contribution in [2.24, 2.45) is 0 Å². The van der Waals surface area contributed by atoms with Gasteiger partial charge in [0, 0.05) is 48.9 Å². The normalized spacial score (nSPS) is 10.8. The highest BCUT2D eigenvalue weighted by atomic mass is 16.1. The van der Waals surface area contributed by atoms with Gasteiger partial charge in [-0.2, -0.15) is 5.10 Å². The number of rotatable bonds is 8. The van der Waals surface area contributed by atoms with E-state index in [4.69, 9.17) is 0 Å².